The number of sulfonamides is 1. The van der Waals surface area contributed by atoms with Crippen molar-refractivity contribution in [3.8, 4) is 0 Å². The van der Waals surface area contributed by atoms with Gasteiger partial charge in [0, 0.05) is 25.9 Å². The number of nitrogen functional groups attached to an aromatic ring is 1. The van der Waals surface area contributed by atoms with Gasteiger partial charge in [-0.1, -0.05) is 26.0 Å². The first-order valence-electron chi connectivity index (χ1n) is 6.55. The Bertz CT molecular complexity index is 527. The van der Waals surface area contributed by atoms with Crippen molar-refractivity contribution in [3.63, 3.8) is 0 Å². The van der Waals surface area contributed by atoms with E-state index in [2.05, 4.69) is 4.72 Å². The second-order valence-corrected chi connectivity index (χ2v) is 7.54. The molecule has 6 heteroatoms. The number of nitrogens with two attached hydrogens (primary N) is 1. The van der Waals surface area contributed by atoms with Gasteiger partial charge in [0.2, 0.25) is 10.0 Å². The summed E-state index contributed by atoms with van der Waals surface area (Å²) in [6.07, 6.45) is 0.796. The summed E-state index contributed by atoms with van der Waals surface area (Å²) in [5.74, 6) is -0.0571. The summed E-state index contributed by atoms with van der Waals surface area (Å²) in [7, 11) is -1.72. The van der Waals surface area contributed by atoms with Gasteiger partial charge in [0.05, 0.1) is 5.75 Å². The first-order chi connectivity index (χ1) is 9.24. The maximum Gasteiger partial charge on any atom is 0.215 e. The maximum absolute atomic E-state index is 12.0. The molecule has 0 amide bonds. The molecule has 0 unspecified atom stereocenters. The van der Waals surface area contributed by atoms with Crippen LogP contribution in [0.2, 0.25) is 0 Å². The quantitative estimate of drug-likeness (QED) is 0.717. The molecule has 114 valence electrons. The number of methoxy groups -OCH3 is 1. The molecule has 0 fully saturated rings. The van der Waals surface area contributed by atoms with E-state index in [0.29, 0.717) is 24.4 Å². The molecule has 0 saturated carbocycles. The van der Waals surface area contributed by atoms with Crippen molar-refractivity contribution in [2.45, 2.75) is 26.0 Å². The molecule has 0 saturated heterocycles. The van der Waals surface area contributed by atoms with Gasteiger partial charge in [0.25, 0.3) is 0 Å². The highest BCUT2D eigenvalue weighted by atomic mass is 32.2. The van der Waals surface area contributed by atoms with Crippen molar-refractivity contribution in [2.24, 2.45) is 5.41 Å². The monoisotopic (exact) mass is 300 g/mol. The molecule has 0 spiro atoms. The van der Waals surface area contributed by atoms with E-state index in [1.165, 1.54) is 0 Å². The molecule has 0 radical (unpaired) electrons. The lowest BCUT2D eigenvalue weighted by Gasteiger charge is -2.24. The molecule has 5 nitrogen and oxygen atoms in total. The average molecular weight is 300 g/mol. The Morgan fingerprint density at radius 2 is 2.05 bits per heavy atom. The first kappa shape index (κ1) is 16.9. The van der Waals surface area contributed by atoms with Crippen LogP contribution in [0.1, 0.15) is 25.8 Å². The number of ether oxygens (including phenoxy) is 1. The Labute approximate surface area is 121 Å². The van der Waals surface area contributed by atoms with E-state index in [1.54, 1.807) is 31.4 Å². The van der Waals surface area contributed by atoms with E-state index >= 15 is 0 Å². The van der Waals surface area contributed by atoms with Crippen LogP contribution in [0.5, 0.6) is 0 Å². The van der Waals surface area contributed by atoms with E-state index in [1.807, 2.05) is 13.8 Å². The maximum atomic E-state index is 12.0. The van der Waals surface area contributed by atoms with Crippen molar-refractivity contribution in [2.75, 3.05) is 26.0 Å². The molecule has 1 aromatic carbocycles. The minimum absolute atomic E-state index is 0.0571. The lowest BCUT2D eigenvalue weighted by atomic mass is 9.90. The van der Waals surface area contributed by atoms with Crippen molar-refractivity contribution in [3.05, 3.63) is 29.8 Å². The standard InChI is InChI=1S/C14H24N2O3S/c1-14(2,7-8-19-3)11-16-20(17,18)10-12-5-4-6-13(15)9-12/h4-6,9,16H,7-8,10-11,15H2,1-3H3. The number of nitrogens with one attached hydrogen (secondary N) is 1. The van der Waals surface area contributed by atoms with E-state index in [4.69, 9.17) is 10.5 Å². The van der Waals surface area contributed by atoms with Crippen LogP contribution in [0.3, 0.4) is 0 Å². The topological polar surface area (TPSA) is 81.4 Å². The molecular formula is C14H24N2O3S. The van der Waals surface area contributed by atoms with Crippen LogP contribution in [0.25, 0.3) is 0 Å². The summed E-state index contributed by atoms with van der Waals surface area (Å²) in [5.41, 5.74) is 6.76. The summed E-state index contributed by atoms with van der Waals surface area (Å²) >= 11 is 0. The van der Waals surface area contributed by atoms with E-state index in [9.17, 15) is 8.42 Å². The number of benzene rings is 1. The van der Waals surface area contributed by atoms with Crippen LogP contribution in [-0.2, 0) is 20.5 Å². The summed E-state index contributed by atoms with van der Waals surface area (Å²) in [4.78, 5) is 0. The Hall–Kier alpha value is -1.11. The predicted octanol–water partition coefficient (Wildman–Crippen LogP) is 1.75. The van der Waals surface area contributed by atoms with Crippen LogP contribution in [0.4, 0.5) is 5.69 Å². The molecule has 3 N–H and O–H groups in total. The average Bonchev–Trinajstić information content (AvgIpc) is 2.34. The third kappa shape index (κ3) is 6.36. The smallest absolute Gasteiger partial charge is 0.215 e. The molecule has 0 aromatic heterocycles. The molecule has 0 bridgehead atoms. The van der Waals surface area contributed by atoms with Crippen molar-refractivity contribution >= 4 is 15.7 Å². The number of rotatable bonds is 8. The molecule has 0 aliphatic rings. The van der Waals surface area contributed by atoms with Gasteiger partial charge in [0.1, 0.15) is 0 Å². The van der Waals surface area contributed by atoms with E-state index in [0.717, 1.165) is 6.42 Å². The molecule has 1 rings (SSSR count). The summed E-state index contributed by atoms with van der Waals surface area (Å²) < 4.78 is 31.8. The Morgan fingerprint density at radius 3 is 2.65 bits per heavy atom. The first-order valence-corrected chi connectivity index (χ1v) is 8.20. The SMILES string of the molecule is COCCC(C)(C)CNS(=O)(=O)Cc1cccc(N)c1. The van der Waals surface area contributed by atoms with Gasteiger partial charge in [0.15, 0.2) is 0 Å². The van der Waals surface area contributed by atoms with Gasteiger partial charge in [-0.15, -0.1) is 0 Å². The molecule has 20 heavy (non-hydrogen) atoms. The van der Waals surface area contributed by atoms with Gasteiger partial charge in [-0.05, 0) is 29.5 Å². The zero-order valence-corrected chi connectivity index (χ0v) is 13.2. The van der Waals surface area contributed by atoms with E-state index < -0.39 is 10.0 Å². The Morgan fingerprint density at radius 1 is 1.35 bits per heavy atom. The van der Waals surface area contributed by atoms with Crippen LogP contribution >= 0.6 is 0 Å². The van der Waals surface area contributed by atoms with Crippen LogP contribution in [-0.4, -0.2) is 28.7 Å². The van der Waals surface area contributed by atoms with Gasteiger partial charge < -0.3 is 10.5 Å². The second kappa shape index (κ2) is 7.06. The summed E-state index contributed by atoms with van der Waals surface area (Å²) in [5, 5.41) is 0. The highest BCUT2D eigenvalue weighted by Crippen LogP contribution is 2.19. The van der Waals surface area contributed by atoms with Gasteiger partial charge in [-0.3, -0.25) is 0 Å². The lowest BCUT2D eigenvalue weighted by molar-refractivity contribution is 0.153. The normalized spacial score (nSPS) is 12.6. The fourth-order valence-corrected chi connectivity index (χ4v) is 3.06. The van der Waals surface area contributed by atoms with Crippen LogP contribution in [0.15, 0.2) is 24.3 Å². The Balaban J connectivity index is 2.58. The lowest BCUT2D eigenvalue weighted by Crippen LogP contribution is -2.35. The largest absolute Gasteiger partial charge is 0.399 e. The van der Waals surface area contributed by atoms with Crippen LogP contribution < -0.4 is 10.5 Å². The molecule has 0 aliphatic heterocycles. The number of hydrogen-bond donors (Lipinski definition) is 2. The highest BCUT2D eigenvalue weighted by molar-refractivity contribution is 7.88. The highest BCUT2D eigenvalue weighted by Gasteiger charge is 2.21. The minimum Gasteiger partial charge on any atom is -0.399 e. The third-order valence-electron chi connectivity index (χ3n) is 3.06. The summed E-state index contributed by atoms with van der Waals surface area (Å²) in [6.45, 7) is 5.02. The Kier molecular flexibility index (Phi) is 5.98. The number of hydrogen-bond acceptors (Lipinski definition) is 4. The van der Waals surface area contributed by atoms with E-state index in [-0.39, 0.29) is 11.2 Å². The van der Waals surface area contributed by atoms with Gasteiger partial charge >= 0.3 is 0 Å². The zero-order valence-electron chi connectivity index (χ0n) is 12.3. The summed E-state index contributed by atoms with van der Waals surface area (Å²) in [6, 6.07) is 6.92. The zero-order chi connectivity index (χ0) is 15.2. The fraction of sp³-hybridized carbons (Fsp3) is 0.571. The number of anilines is 1. The minimum atomic E-state index is -3.36. The van der Waals surface area contributed by atoms with Crippen molar-refractivity contribution in [1.29, 1.82) is 0 Å². The fourth-order valence-electron chi connectivity index (χ4n) is 1.73. The van der Waals surface area contributed by atoms with Crippen molar-refractivity contribution < 1.29 is 13.2 Å². The van der Waals surface area contributed by atoms with Crippen LogP contribution in [0, 0.1) is 5.41 Å². The van der Waals surface area contributed by atoms with Gasteiger partial charge in [-0.25, -0.2) is 13.1 Å². The third-order valence-corrected chi connectivity index (χ3v) is 4.36. The molecule has 1 aromatic rings. The predicted molar refractivity (Wildman–Crippen MR) is 81.8 cm³/mol. The van der Waals surface area contributed by atoms with Crippen molar-refractivity contribution in [1.82, 2.24) is 4.72 Å². The molecule has 0 aliphatic carbocycles. The molecular weight excluding hydrogens is 276 g/mol. The molecule has 0 heterocycles. The second-order valence-electron chi connectivity index (χ2n) is 5.73. The van der Waals surface area contributed by atoms with Gasteiger partial charge in [-0.2, -0.15) is 0 Å². The molecule has 0 atom stereocenters.